The van der Waals surface area contributed by atoms with Crippen LogP contribution in [-0.2, 0) is 19.6 Å². The number of hydrogen-bond donors (Lipinski definition) is 1. The van der Waals surface area contributed by atoms with Gasteiger partial charge < -0.3 is 19.5 Å². The molecule has 0 aliphatic carbocycles. The number of carbonyl (C=O) groups excluding carboxylic acids is 1. The number of rotatable bonds is 10. The van der Waals surface area contributed by atoms with Crippen LogP contribution in [0.3, 0.4) is 0 Å². The standard InChI is InChI=1S/C27H35N3O6S/c1-34-24-8-4-3-7-22(24)23(29-13-5-6-14-29)20-28-27(31)12-10-21-9-11-25(35-2)26(19-21)37(32,33)30-15-17-36-18-16-30/h3-4,7-12,19,23H,5-6,13-18,20H2,1-2H3,(H,28,31). The first-order valence-electron chi connectivity index (χ1n) is 12.5. The summed E-state index contributed by atoms with van der Waals surface area (Å²) in [5.41, 5.74) is 1.63. The Balaban J connectivity index is 1.47. The van der Waals surface area contributed by atoms with E-state index in [4.69, 9.17) is 14.2 Å². The minimum atomic E-state index is -3.76. The van der Waals surface area contributed by atoms with Crippen LogP contribution in [0.2, 0.25) is 0 Å². The van der Waals surface area contributed by atoms with Crippen molar-refractivity contribution in [1.29, 1.82) is 0 Å². The summed E-state index contributed by atoms with van der Waals surface area (Å²) in [5, 5.41) is 3.01. The van der Waals surface area contributed by atoms with Gasteiger partial charge in [0.05, 0.1) is 33.5 Å². The number of likely N-dealkylation sites (tertiary alicyclic amines) is 1. The molecule has 2 aliphatic heterocycles. The molecular weight excluding hydrogens is 494 g/mol. The molecule has 37 heavy (non-hydrogen) atoms. The molecule has 4 rings (SSSR count). The van der Waals surface area contributed by atoms with E-state index in [1.54, 1.807) is 25.3 Å². The average molecular weight is 530 g/mol. The highest BCUT2D eigenvalue weighted by Crippen LogP contribution is 2.31. The van der Waals surface area contributed by atoms with Crippen LogP contribution >= 0.6 is 0 Å². The maximum atomic E-state index is 13.2. The normalized spacial score (nSPS) is 18.1. The Bertz CT molecular complexity index is 1200. The summed E-state index contributed by atoms with van der Waals surface area (Å²) < 4.78 is 44.0. The largest absolute Gasteiger partial charge is 0.496 e. The molecule has 200 valence electrons. The highest BCUT2D eigenvalue weighted by Gasteiger charge is 2.29. The molecule has 10 heteroatoms. The molecule has 2 heterocycles. The Kier molecular flexibility index (Phi) is 9.20. The quantitative estimate of drug-likeness (QED) is 0.473. The van der Waals surface area contributed by atoms with Crippen LogP contribution < -0.4 is 14.8 Å². The molecular formula is C27H35N3O6S. The van der Waals surface area contributed by atoms with Crippen molar-refractivity contribution in [3.8, 4) is 11.5 Å². The lowest BCUT2D eigenvalue weighted by Crippen LogP contribution is -2.40. The van der Waals surface area contributed by atoms with E-state index in [0.29, 0.717) is 38.4 Å². The molecule has 0 saturated carbocycles. The van der Waals surface area contributed by atoms with Crippen molar-refractivity contribution in [2.24, 2.45) is 0 Å². The van der Waals surface area contributed by atoms with Crippen LogP contribution in [0.1, 0.15) is 30.0 Å². The zero-order valence-electron chi connectivity index (χ0n) is 21.4. The lowest BCUT2D eigenvalue weighted by Gasteiger charge is -2.29. The molecule has 2 fully saturated rings. The number of nitrogens with one attached hydrogen (secondary N) is 1. The number of para-hydroxylation sites is 1. The Hall–Kier alpha value is -2.92. The van der Waals surface area contributed by atoms with E-state index in [2.05, 4.69) is 10.2 Å². The van der Waals surface area contributed by atoms with Crippen LogP contribution in [0.4, 0.5) is 0 Å². The molecule has 2 aromatic carbocycles. The van der Waals surface area contributed by atoms with Gasteiger partial charge in [0.2, 0.25) is 15.9 Å². The fourth-order valence-electron chi connectivity index (χ4n) is 4.78. The summed E-state index contributed by atoms with van der Waals surface area (Å²) in [6.45, 7) is 3.67. The lowest BCUT2D eigenvalue weighted by atomic mass is 10.0. The summed E-state index contributed by atoms with van der Waals surface area (Å²) in [5.74, 6) is 0.808. The van der Waals surface area contributed by atoms with E-state index in [1.165, 1.54) is 23.6 Å². The van der Waals surface area contributed by atoms with E-state index >= 15 is 0 Å². The first kappa shape index (κ1) is 27.1. The fraction of sp³-hybridized carbons (Fsp3) is 0.444. The van der Waals surface area contributed by atoms with Crippen LogP contribution in [0, 0.1) is 0 Å². The Morgan fingerprint density at radius 1 is 1.03 bits per heavy atom. The van der Waals surface area contributed by atoms with Crippen molar-refractivity contribution in [2.45, 2.75) is 23.8 Å². The molecule has 9 nitrogen and oxygen atoms in total. The van der Waals surface area contributed by atoms with Crippen molar-refractivity contribution >= 4 is 22.0 Å². The topological polar surface area (TPSA) is 97.4 Å². The second-order valence-corrected chi connectivity index (χ2v) is 10.9. The lowest BCUT2D eigenvalue weighted by molar-refractivity contribution is -0.116. The van der Waals surface area contributed by atoms with Crippen LogP contribution in [0.5, 0.6) is 11.5 Å². The third kappa shape index (κ3) is 6.51. The molecule has 1 N–H and O–H groups in total. The van der Waals surface area contributed by atoms with Gasteiger partial charge in [0, 0.05) is 31.3 Å². The SMILES string of the molecule is COc1ccccc1C(CNC(=O)C=Cc1ccc(OC)c(S(=O)(=O)N2CCOCC2)c1)N1CCCC1. The number of methoxy groups -OCH3 is 2. The first-order chi connectivity index (χ1) is 17.9. The van der Waals surface area contributed by atoms with Gasteiger partial charge in [-0.05, 0) is 55.8 Å². The molecule has 2 saturated heterocycles. The summed E-state index contributed by atoms with van der Waals surface area (Å²) in [6.07, 6.45) is 5.30. The van der Waals surface area contributed by atoms with Gasteiger partial charge >= 0.3 is 0 Å². The van der Waals surface area contributed by atoms with E-state index in [1.807, 2.05) is 24.3 Å². The smallest absolute Gasteiger partial charge is 0.246 e. The van der Waals surface area contributed by atoms with E-state index < -0.39 is 10.0 Å². The number of amides is 1. The molecule has 1 atom stereocenters. The number of sulfonamides is 1. The highest BCUT2D eigenvalue weighted by atomic mass is 32.2. The van der Waals surface area contributed by atoms with Crippen molar-refractivity contribution in [2.75, 3.05) is 60.2 Å². The van der Waals surface area contributed by atoms with Gasteiger partial charge in [0.15, 0.2) is 0 Å². The van der Waals surface area contributed by atoms with Gasteiger partial charge in [-0.3, -0.25) is 9.69 Å². The third-order valence-corrected chi connectivity index (χ3v) is 8.67. The summed E-state index contributed by atoms with van der Waals surface area (Å²) in [6, 6.07) is 12.8. The maximum absolute atomic E-state index is 13.2. The number of benzene rings is 2. The predicted octanol–water partition coefficient (Wildman–Crippen LogP) is 2.69. The van der Waals surface area contributed by atoms with Crippen molar-refractivity contribution < 1.29 is 27.4 Å². The minimum absolute atomic E-state index is 0.00209. The third-order valence-electron chi connectivity index (χ3n) is 6.75. The Morgan fingerprint density at radius 3 is 2.43 bits per heavy atom. The second kappa shape index (κ2) is 12.6. The molecule has 2 aliphatic rings. The molecule has 1 unspecified atom stereocenters. The first-order valence-corrected chi connectivity index (χ1v) is 14.0. The van der Waals surface area contributed by atoms with Gasteiger partial charge in [-0.25, -0.2) is 8.42 Å². The van der Waals surface area contributed by atoms with Crippen molar-refractivity contribution in [3.63, 3.8) is 0 Å². The van der Waals surface area contributed by atoms with Crippen molar-refractivity contribution in [1.82, 2.24) is 14.5 Å². The zero-order valence-corrected chi connectivity index (χ0v) is 22.2. The van der Waals surface area contributed by atoms with E-state index in [-0.39, 0.29) is 22.6 Å². The second-order valence-electron chi connectivity index (χ2n) is 9.01. The maximum Gasteiger partial charge on any atom is 0.246 e. The Morgan fingerprint density at radius 2 is 1.73 bits per heavy atom. The average Bonchev–Trinajstić information content (AvgIpc) is 3.47. The molecule has 0 radical (unpaired) electrons. The fourth-order valence-corrected chi connectivity index (χ4v) is 6.38. The van der Waals surface area contributed by atoms with Crippen LogP contribution in [0.25, 0.3) is 6.08 Å². The summed E-state index contributed by atoms with van der Waals surface area (Å²) in [7, 11) is -0.662. The highest BCUT2D eigenvalue weighted by molar-refractivity contribution is 7.89. The van der Waals surface area contributed by atoms with Crippen LogP contribution in [0.15, 0.2) is 53.4 Å². The van der Waals surface area contributed by atoms with E-state index in [0.717, 1.165) is 37.2 Å². The van der Waals surface area contributed by atoms with Gasteiger partial charge in [-0.2, -0.15) is 4.31 Å². The molecule has 2 aromatic rings. The molecule has 1 amide bonds. The number of nitrogens with zero attached hydrogens (tertiary/aromatic N) is 2. The molecule has 0 spiro atoms. The van der Waals surface area contributed by atoms with Crippen LogP contribution in [-0.4, -0.2) is 83.7 Å². The molecule has 0 aromatic heterocycles. The van der Waals surface area contributed by atoms with Gasteiger partial charge in [0.1, 0.15) is 16.4 Å². The minimum Gasteiger partial charge on any atom is -0.496 e. The summed E-state index contributed by atoms with van der Waals surface area (Å²) in [4.78, 5) is 15.2. The number of morpholine rings is 1. The number of hydrogen-bond acceptors (Lipinski definition) is 7. The number of ether oxygens (including phenoxy) is 3. The van der Waals surface area contributed by atoms with Crippen molar-refractivity contribution in [3.05, 3.63) is 59.7 Å². The van der Waals surface area contributed by atoms with E-state index in [9.17, 15) is 13.2 Å². The van der Waals surface area contributed by atoms with Gasteiger partial charge in [-0.1, -0.05) is 24.3 Å². The Labute approximate surface area is 219 Å². The van der Waals surface area contributed by atoms with Gasteiger partial charge in [0.25, 0.3) is 0 Å². The molecule has 0 bridgehead atoms. The summed E-state index contributed by atoms with van der Waals surface area (Å²) >= 11 is 0. The number of carbonyl (C=O) groups is 1. The van der Waals surface area contributed by atoms with Gasteiger partial charge in [-0.15, -0.1) is 0 Å². The zero-order chi connectivity index (χ0) is 26.3. The predicted molar refractivity (Wildman–Crippen MR) is 141 cm³/mol. The monoisotopic (exact) mass is 529 g/mol.